The highest BCUT2D eigenvalue weighted by molar-refractivity contribution is 5.89. The maximum atomic E-state index is 12.4. The Labute approximate surface area is 148 Å². The number of nitrogens with one attached hydrogen (secondary N) is 1. The molecule has 0 aromatic heterocycles. The standard InChI is InChI=1S/C22H23NO2/c1-2-3-13-20(25)23-22(17-10-5-4-6-11-17)21-18-12-8-7-9-16(18)14-15-19(21)24/h4-12,14-15,22,24H,2-3,13H2,1H3,(H,23,25). The summed E-state index contributed by atoms with van der Waals surface area (Å²) < 4.78 is 0. The first-order valence-corrected chi connectivity index (χ1v) is 8.75. The molecular formula is C22H23NO2. The fourth-order valence-corrected chi connectivity index (χ4v) is 3.13. The van der Waals surface area contributed by atoms with E-state index in [0.717, 1.165) is 34.7 Å². The van der Waals surface area contributed by atoms with Crippen LogP contribution in [0.4, 0.5) is 0 Å². The molecule has 1 amide bonds. The summed E-state index contributed by atoms with van der Waals surface area (Å²) in [5.74, 6) is 0.200. The van der Waals surface area contributed by atoms with E-state index in [0.29, 0.717) is 6.42 Å². The number of unbranched alkanes of at least 4 members (excludes halogenated alkanes) is 1. The van der Waals surface area contributed by atoms with Crippen LogP contribution in [0.1, 0.15) is 43.4 Å². The third-order valence-corrected chi connectivity index (χ3v) is 4.43. The number of aromatic hydroxyl groups is 1. The van der Waals surface area contributed by atoms with Crippen LogP contribution >= 0.6 is 0 Å². The van der Waals surface area contributed by atoms with Gasteiger partial charge < -0.3 is 10.4 Å². The van der Waals surface area contributed by atoms with Gasteiger partial charge in [-0.15, -0.1) is 0 Å². The molecule has 3 heteroatoms. The number of carbonyl (C=O) groups excluding carboxylic acids is 1. The van der Waals surface area contributed by atoms with Gasteiger partial charge in [0.15, 0.2) is 0 Å². The molecule has 25 heavy (non-hydrogen) atoms. The number of carbonyl (C=O) groups is 1. The minimum absolute atomic E-state index is 0.00281. The number of rotatable bonds is 6. The minimum Gasteiger partial charge on any atom is -0.508 e. The van der Waals surface area contributed by atoms with E-state index in [-0.39, 0.29) is 17.7 Å². The molecule has 0 saturated carbocycles. The van der Waals surface area contributed by atoms with Crippen LogP contribution in [0.25, 0.3) is 10.8 Å². The van der Waals surface area contributed by atoms with Gasteiger partial charge in [-0.3, -0.25) is 4.79 Å². The van der Waals surface area contributed by atoms with Crippen molar-refractivity contribution in [3.63, 3.8) is 0 Å². The number of phenolic OH excluding ortho intramolecular Hbond substituents is 1. The van der Waals surface area contributed by atoms with Crippen LogP contribution in [0, 0.1) is 0 Å². The Kier molecular flexibility index (Phi) is 5.34. The van der Waals surface area contributed by atoms with Crippen molar-refractivity contribution < 1.29 is 9.90 Å². The van der Waals surface area contributed by atoms with Crippen LogP contribution in [0.3, 0.4) is 0 Å². The maximum absolute atomic E-state index is 12.4. The number of phenols is 1. The summed E-state index contributed by atoms with van der Waals surface area (Å²) in [7, 11) is 0. The topological polar surface area (TPSA) is 49.3 Å². The van der Waals surface area contributed by atoms with E-state index in [4.69, 9.17) is 0 Å². The molecule has 0 saturated heterocycles. The van der Waals surface area contributed by atoms with Gasteiger partial charge in [0.25, 0.3) is 0 Å². The van der Waals surface area contributed by atoms with Gasteiger partial charge in [0.05, 0.1) is 6.04 Å². The van der Waals surface area contributed by atoms with Crippen LogP contribution < -0.4 is 5.32 Å². The Hall–Kier alpha value is -2.81. The molecule has 3 rings (SSSR count). The summed E-state index contributed by atoms with van der Waals surface area (Å²) in [5, 5.41) is 15.7. The molecule has 3 nitrogen and oxygen atoms in total. The van der Waals surface area contributed by atoms with Gasteiger partial charge in [0.2, 0.25) is 5.91 Å². The Balaban J connectivity index is 2.09. The molecule has 3 aromatic rings. The lowest BCUT2D eigenvalue weighted by Gasteiger charge is -2.22. The van der Waals surface area contributed by atoms with Crippen molar-refractivity contribution in [3.05, 3.63) is 77.9 Å². The Morgan fingerprint density at radius 2 is 1.72 bits per heavy atom. The minimum atomic E-state index is -0.378. The highest BCUT2D eigenvalue weighted by atomic mass is 16.3. The molecule has 0 aliphatic rings. The quantitative estimate of drug-likeness (QED) is 0.671. The predicted molar refractivity (Wildman–Crippen MR) is 102 cm³/mol. The van der Waals surface area contributed by atoms with Crippen LogP contribution in [0.5, 0.6) is 5.75 Å². The Morgan fingerprint density at radius 1 is 1.00 bits per heavy atom. The highest BCUT2D eigenvalue weighted by Crippen LogP contribution is 2.35. The molecule has 2 N–H and O–H groups in total. The zero-order chi connectivity index (χ0) is 17.6. The first-order valence-electron chi connectivity index (χ1n) is 8.75. The van der Waals surface area contributed by atoms with Crippen molar-refractivity contribution >= 4 is 16.7 Å². The Bertz CT molecular complexity index is 858. The summed E-state index contributed by atoms with van der Waals surface area (Å²) in [5.41, 5.74) is 1.70. The lowest BCUT2D eigenvalue weighted by molar-refractivity contribution is -0.121. The van der Waals surface area contributed by atoms with Gasteiger partial charge >= 0.3 is 0 Å². The van der Waals surface area contributed by atoms with Crippen LogP contribution in [0.2, 0.25) is 0 Å². The fraction of sp³-hybridized carbons (Fsp3) is 0.227. The van der Waals surface area contributed by atoms with Crippen molar-refractivity contribution in [2.75, 3.05) is 0 Å². The van der Waals surface area contributed by atoms with Crippen LogP contribution in [-0.4, -0.2) is 11.0 Å². The number of hydrogen-bond acceptors (Lipinski definition) is 2. The number of amides is 1. The molecule has 0 aliphatic heterocycles. The molecule has 1 atom stereocenters. The summed E-state index contributed by atoms with van der Waals surface area (Å²) in [6, 6.07) is 20.9. The van der Waals surface area contributed by atoms with Crippen LogP contribution in [0.15, 0.2) is 66.7 Å². The molecule has 0 spiro atoms. The van der Waals surface area contributed by atoms with Gasteiger partial charge in [-0.2, -0.15) is 0 Å². The van der Waals surface area contributed by atoms with Gasteiger partial charge in [0.1, 0.15) is 5.75 Å². The van der Waals surface area contributed by atoms with E-state index in [2.05, 4.69) is 12.2 Å². The second-order valence-electron chi connectivity index (χ2n) is 6.23. The normalized spacial score (nSPS) is 12.0. The van der Waals surface area contributed by atoms with E-state index in [1.54, 1.807) is 6.07 Å². The number of fused-ring (bicyclic) bond motifs is 1. The summed E-state index contributed by atoms with van der Waals surface area (Å²) >= 11 is 0. The molecule has 0 fully saturated rings. The molecule has 0 heterocycles. The maximum Gasteiger partial charge on any atom is 0.220 e. The van der Waals surface area contributed by atoms with Crippen LogP contribution in [-0.2, 0) is 4.79 Å². The van der Waals surface area contributed by atoms with Crippen molar-refractivity contribution in [2.45, 2.75) is 32.2 Å². The van der Waals surface area contributed by atoms with Crippen molar-refractivity contribution in [1.82, 2.24) is 5.32 Å². The summed E-state index contributed by atoms with van der Waals surface area (Å²) in [6.45, 7) is 2.07. The van der Waals surface area contributed by atoms with Crippen molar-refractivity contribution in [2.24, 2.45) is 0 Å². The van der Waals surface area contributed by atoms with Crippen molar-refractivity contribution in [1.29, 1.82) is 0 Å². The second kappa shape index (κ2) is 7.84. The molecule has 0 aliphatic carbocycles. The molecular weight excluding hydrogens is 310 g/mol. The van der Waals surface area contributed by atoms with E-state index in [1.165, 1.54) is 0 Å². The molecule has 1 unspecified atom stereocenters. The zero-order valence-corrected chi connectivity index (χ0v) is 14.4. The monoisotopic (exact) mass is 333 g/mol. The first-order chi connectivity index (χ1) is 12.2. The van der Waals surface area contributed by atoms with Gasteiger partial charge in [-0.1, -0.05) is 74.0 Å². The fourth-order valence-electron chi connectivity index (χ4n) is 3.13. The first kappa shape index (κ1) is 17.0. The average molecular weight is 333 g/mol. The third kappa shape index (κ3) is 3.82. The van der Waals surface area contributed by atoms with E-state index >= 15 is 0 Å². The molecule has 0 bridgehead atoms. The van der Waals surface area contributed by atoms with Gasteiger partial charge in [0, 0.05) is 12.0 Å². The third-order valence-electron chi connectivity index (χ3n) is 4.43. The highest BCUT2D eigenvalue weighted by Gasteiger charge is 2.22. The van der Waals surface area contributed by atoms with E-state index in [1.807, 2.05) is 60.7 Å². The van der Waals surface area contributed by atoms with Crippen molar-refractivity contribution in [3.8, 4) is 5.75 Å². The second-order valence-corrected chi connectivity index (χ2v) is 6.23. The Morgan fingerprint density at radius 3 is 2.48 bits per heavy atom. The van der Waals surface area contributed by atoms with Gasteiger partial charge in [-0.05, 0) is 28.8 Å². The van der Waals surface area contributed by atoms with Gasteiger partial charge in [-0.25, -0.2) is 0 Å². The number of hydrogen-bond donors (Lipinski definition) is 2. The molecule has 128 valence electrons. The smallest absolute Gasteiger partial charge is 0.220 e. The lowest BCUT2D eigenvalue weighted by atomic mass is 9.92. The zero-order valence-electron chi connectivity index (χ0n) is 14.4. The summed E-state index contributed by atoms with van der Waals surface area (Å²) in [6.07, 6.45) is 2.32. The van der Waals surface area contributed by atoms with E-state index in [9.17, 15) is 9.90 Å². The SMILES string of the molecule is CCCCC(=O)NC(c1ccccc1)c1c(O)ccc2ccccc12. The molecule has 3 aromatic carbocycles. The lowest BCUT2D eigenvalue weighted by Crippen LogP contribution is -2.29. The molecule has 0 radical (unpaired) electrons. The number of benzene rings is 3. The predicted octanol–water partition coefficient (Wildman–Crippen LogP) is 4.94. The average Bonchev–Trinajstić information content (AvgIpc) is 2.65. The largest absolute Gasteiger partial charge is 0.508 e. The summed E-state index contributed by atoms with van der Waals surface area (Å²) in [4.78, 5) is 12.4. The van der Waals surface area contributed by atoms with E-state index < -0.39 is 0 Å².